The Morgan fingerprint density at radius 1 is 1.06 bits per heavy atom. The van der Waals surface area contributed by atoms with E-state index in [-0.39, 0.29) is 16.3 Å². The van der Waals surface area contributed by atoms with Crippen molar-refractivity contribution >= 4 is 21.4 Å². The molecule has 4 N–H and O–H groups in total. The number of hydrogen-bond donors (Lipinski definition) is 3. The molecule has 0 amide bonds. The van der Waals surface area contributed by atoms with E-state index in [1.807, 2.05) is 0 Å². The lowest BCUT2D eigenvalue weighted by Crippen LogP contribution is -2.13. The van der Waals surface area contributed by atoms with Gasteiger partial charge < -0.3 is 10.8 Å². The summed E-state index contributed by atoms with van der Waals surface area (Å²) >= 11 is 0. The molecule has 0 saturated heterocycles. The highest BCUT2D eigenvalue weighted by molar-refractivity contribution is 7.92. The van der Waals surface area contributed by atoms with E-state index in [4.69, 9.17) is 5.73 Å². The predicted molar refractivity (Wildman–Crippen MR) is 69.8 cm³/mol. The molecule has 94 valence electrons. The summed E-state index contributed by atoms with van der Waals surface area (Å²) in [5, 5.41) is 9.57. The van der Waals surface area contributed by atoms with Gasteiger partial charge in [-0.25, -0.2) is 8.42 Å². The molecule has 0 unspecified atom stereocenters. The standard InChI is InChI=1S/C12H12N2O3S/c13-9-6-7-11(15)12(8-9)18(16,17)14-10-4-2-1-3-5-10/h1-8,14-15H,13H2. The third kappa shape index (κ3) is 2.54. The molecule has 0 aromatic heterocycles. The second-order valence-corrected chi connectivity index (χ2v) is 5.35. The lowest BCUT2D eigenvalue weighted by Gasteiger charge is -2.09. The van der Waals surface area contributed by atoms with Gasteiger partial charge in [0.25, 0.3) is 10.0 Å². The zero-order chi connectivity index (χ0) is 13.2. The fraction of sp³-hybridized carbons (Fsp3) is 0. The fourth-order valence-electron chi connectivity index (χ4n) is 1.46. The number of sulfonamides is 1. The summed E-state index contributed by atoms with van der Waals surface area (Å²) in [5.41, 5.74) is 6.20. The van der Waals surface area contributed by atoms with Crippen LogP contribution in [0.5, 0.6) is 5.75 Å². The minimum Gasteiger partial charge on any atom is -0.507 e. The van der Waals surface area contributed by atoms with Crippen molar-refractivity contribution in [3.63, 3.8) is 0 Å². The first-order valence-corrected chi connectivity index (χ1v) is 6.64. The van der Waals surface area contributed by atoms with E-state index < -0.39 is 10.0 Å². The Hall–Kier alpha value is -2.21. The molecule has 2 aromatic rings. The van der Waals surface area contributed by atoms with Gasteiger partial charge in [0.15, 0.2) is 0 Å². The normalized spacial score (nSPS) is 11.1. The summed E-state index contributed by atoms with van der Waals surface area (Å²) in [6.07, 6.45) is 0. The maximum atomic E-state index is 12.0. The lowest BCUT2D eigenvalue weighted by atomic mass is 10.3. The topological polar surface area (TPSA) is 92.4 Å². The van der Waals surface area contributed by atoms with Gasteiger partial charge in [-0.15, -0.1) is 0 Å². The van der Waals surface area contributed by atoms with Crippen LogP contribution in [-0.4, -0.2) is 13.5 Å². The smallest absolute Gasteiger partial charge is 0.265 e. The van der Waals surface area contributed by atoms with E-state index in [0.29, 0.717) is 5.69 Å². The van der Waals surface area contributed by atoms with E-state index in [0.717, 1.165) is 0 Å². The van der Waals surface area contributed by atoms with Gasteiger partial charge in [-0.05, 0) is 30.3 Å². The van der Waals surface area contributed by atoms with Crippen LogP contribution in [0.1, 0.15) is 0 Å². The largest absolute Gasteiger partial charge is 0.507 e. The molecule has 18 heavy (non-hydrogen) atoms. The van der Waals surface area contributed by atoms with Crippen LogP contribution in [0.2, 0.25) is 0 Å². The molecular weight excluding hydrogens is 252 g/mol. The molecule has 0 bridgehead atoms. The Morgan fingerprint density at radius 3 is 2.39 bits per heavy atom. The van der Waals surface area contributed by atoms with Crippen molar-refractivity contribution in [1.82, 2.24) is 0 Å². The highest BCUT2D eigenvalue weighted by Crippen LogP contribution is 2.26. The van der Waals surface area contributed by atoms with Crippen LogP contribution in [0.4, 0.5) is 11.4 Å². The van der Waals surface area contributed by atoms with Crippen molar-refractivity contribution in [2.24, 2.45) is 0 Å². The number of nitrogen functional groups attached to an aromatic ring is 1. The summed E-state index contributed by atoms with van der Waals surface area (Å²) < 4.78 is 26.5. The molecule has 0 aliphatic carbocycles. The third-order valence-corrected chi connectivity index (χ3v) is 3.71. The zero-order valence-corrected chi connectivity index (χ0v) is 10.2. The predicted octanol–water partition coefficient (Wildman–Crippen LogP) is 1.78. The molecule has 5 nitrogen and oxygen atoms in total. The number of hydrogen-bond acceptors (Lipinski definition) is 4. The van der Waals surface area contributed by atoms with Gasteiger partial charge in [0, 0.05) is 11.4 Å². The molecule has 0 aliphatic rings. The number of anilines is 2. The minimum absolute atomic E-state index is 0.244. The van der Waals surface area contributed by atoms with E-state index in [9.17, 15) is 13.5 Å². The van der Waals surface area contributed by atoms with Crippen molar-refractivity contribution in [3.8, 4) is 5.75 Å². The van der Waals surface area contributed by atoms with Crippen LogP contribution in [-0.2, 0) is 10.0 Å². The summed E-state index contributed by atoms with van der Waals surface area (Å²) in [6.45, 7) is 0. The number of para-hydroxylation sites is 1. The van der Waals surface area contributed by atoms with Crippen LogP contribution in [0.15, 0.2) is 53.4 Å². The summed E-state index contributed by atoms with van der Waals surface area (Å²) in [7, 11) is -3.85. The van der Waals surface area contributed by atoms with Crippen molar-refractivity contribution in [1.29, 1.82) is 0 Å². The zero-order valence-electron chi connectivity index (χ0n) is 9.37. The molecule has 0 saturated carbocycles. The molecule has 0 aliphatic heterocycles. The van der Waals surface area contributed by atoms with Crippen LogP contribution < -0.4 is 10.5 Å². The minimum atomic E-state index is -3.85. The summed E-state index contributed by atoms with van der Waals surface area (Å²) in [6, 6.07) is 12.3. The van der Waals surface area contributed by atoms with Crippen molar-refractivity contribution < 1.29 is 13.5 Å². The van der Waals surface area contributed by atoms with Gasteiger partial charge in [-0.2, -0.15) is 0 Å². The Kier molecular flexibility index (Phi) is 3.12. The molecule has 2 rings (SSSR count). The summed E-state index contributed by atoms with van der Waals surface area (Å²) in [5.74, 6) is -0.340. The Morgan fingerprint density at radius 2 is 1.72 bits per heavy atom. The first-order chi connectivity index (χ1) is 8.49. The van der Waals surface area contributed by atoms with Crippen LogP contribution in [0, 0.1) is 0 Å². The second-order valence-electron chi connectivity index (χ2n) is 3.70. The van der Waals surface area contributed by atoms with Crippen molar-refractivity contribution in [2.45, 2.75) is 4.90 Å². The molecule has 2 aromatic carbocycles. The maximum Gasteiger partial charge on any atom is 0.265 e. The van der Waals surface area contributed by atoms with Crippen molar-refractivity contribution in [3.05, 3.63) is 48.5 Å². The monoisotopic (exact) mass is 264 g/mol. The number of benzene rings is 2. The molecular formula is C12H12N2O3S. The first-order valence-electron chi connectivity index (χ1n) is 5.15. The van der Waals surface area contributed by atoms with Gasteiger partial charge in [0.1, 0.15) is 10.6 Å². The number of phenols is 1. The first kappa shape index (κ1) is 12.3. The third-order valence-electron chi connectivity index (χ3n) is 2.30. The van der Waals surface area contributed by atoms with Crippen LogP contribution in [0.25, 0.3) is 0 Å². The summed E-state index contributed by atoms with van der Waals surface area (Å²) in [4.78, 5) is -0.244. The molecule has 0 atom stereocenters. The van der Waals surface area contributed by atoms with E-state index in [1.54, 1.807) is 30.3 Å². The number of nitrogens with one attached hydrogen (secondary N) is 1. The van der Waals surface area contributed by atoms with E-state index in [2.05, 4.69) is 4.72 Å². The van der Waals surface area contributed by atoms with Crippen LogP contribution in [0.3, 0.4) is 0 Å². The van der Waals surface area contributed by atoms with Gasteiger partial charge in [0.05, 0.1) is 0 Å². The number of aromatic hydroxyl groups is 1. The van der Waals surface area contributed by atoms with Gasteiger partial charge in [0.2, 0.25) is 0 Å². The highest BCUT2D eigenvalue weighted by Gasteiger charge is 2.18. The molecule has 0 radical (unpaired) electrons. The number of rotatable bonds is 3. The molecule has 0 fully saturated rings. The molecule has 0 heterocycles. The quantitative estimate of drug-likeness (QED) is 0.582. The Balaban J connectivity index is 2.40. The second kappa shape index (κ2) is 4.58. The highest BCUT2D eigenvalue weighted by atomic mass is 32.2. The SMILES string of the molecule is Nc1ccc(O)c(S(=O)(=O)Nc2ccccc2)c1. The average molecular weight is 264 g/mol. The number of phenolic OH excluding ortho intramolecular Hbond substituents is 1. The Labute approximate surface area is 105 Å². The van der Waals surface area contributed by atoms with Gasteiger partial charge >= 0.3 is 0 Å². The average Bonchev–Trinajstić information content (AvgIpc) is 2.33. The van der Waals surface area contributed by atoms with E-state index >= 15 is 0 Å². The van der Waals surface area contributed by atoms with Crippen molar-refractivity contribution in [2.75, 3.05) is 10.5 Å². The van der Waals surface area contributed by atoms with Crippen LogP contribution >= 0.6 is 0 Å². The number of nitrogens with two attached hydrogens (primary N) is 1. The fourth-order valence-corrected chi connectivity index (χ4v) is 2.65. The Bertz CT molecular complexity index is 654. The maximum absolute atomic E-state index is 12.0. The molecule has 0 spiro atoms. The van der Waals surface area contributed by atoms with Gasteiger partial charge in [-0.3, -0.25) is 4.72 Å². The molecule has 6 heteroatoms. The van der Waals surface area contributed by atoms with Gasteiger partial charge in [-0.1, -0.05) is 18.2 Å². The lowest BCUT2D eigenvalue weighted by molar-refractivity contribution is 0.459. The van der Waals surface area contributed by atoms with E-state index in [1.165, 1.54) is 18.2 Å².